The third-order valence-electron chi connectivity index (χ3n) is 12.4. The van der Waals surface area contributed by atoms with E-state index in [1.165, 1.54) is 24.3 Å². The molecule has 2 aromatic heterocycles. The number of aromatic hydroxyl groups is 2. The van der Waals surface area contributed by atoms with Gasteiger partial charge in [-0.1, -0.05) is 45.9 Å². The molecular formula is C50H44N18O24S6. The molecule has 8 rings (SSSR count). The number of aliphatic carboxylic acids is 2. The molecule has 2 unspecified atom stereocenters. The first-order chi connectivity index (χ1) is 45.9. The van der Waals surface area contributed by atoms with Crippen LogP contribution in [-0.2, 0) is 59.7 Å². The van der Waals surface area contributed by atoms with Crippen molar-refractivity contribution >= 4 is 189 Å². The molecule has 6 aromatic carbocycles. The van der Waals surface area contributed by atoms with Crippen molar-refractivity contribution in [2.45, 2.75) is 45.5 Å². The van der Waals surface area contributed by atoms with Crippen LogP contribution in [0.25, 0.3) is 21.5 Å². The van der Waals surface area contributed by atoms with Crippen molar-refractivity contribution in [1.29, 1.82) is 0 Å². The van der Waals surface area contributed by atoms with Crippen LogP contribution in [0, 0.1) is 0 Å². The van der Waals surface area contributed by atoms with Crippen LogP contribution in [-0.4, -0.2) is 172 Å². The summed E-state index contributed by atoms with van der Waals surface area (Å²) in [5.74, 6) is -14.9. The summed E-state index contributed by atoms with van der Waals surface area (Å²) < 4.78 is 142. The third kappa shape index (κ3) is 17.9. The van der Waals surface area contributed by atoms with Gasteiger partial charge in [-0.3, -0.25) is 49.5 Å². The van der Waals surface area contributed by atoms with Crippen LogP contribution in [0.4, 0.5) is 69.8 Å². The lowest BCUT2D eigenvalue weighted by Gasteiger charge is -2.18. The number of hydrazine groups is 2. The zero-order chi connectivity index (χ0) is 71.9. The zero-order valence-electron chi connectivity index (χ0n) is 48.8. The first kappa shape index (κ1) is 72.4. The minimum Gasteiger partial charge on any atom is -0.505 e. The Balaban J connectivity index is 1.08. The number of benzene rings is 6. The number of nitrogens with zero attached hydrogens (tertiary/aromatic N) is 10. The van der Waals surface area contributed by atoms with E-state index in [0.717, 1.165) is 59.7 Å². The van der Waals surface area contributed by atoms with Crippen molar-refractivity contribution in [3.05, 3.63) is 96.1 Å². The van der Waals surface area contributed by atoms with E-state index in [-0.39, 0.29) is 11.4 Å². The number of azo groups is 2. The largest absolute Gasteiger partial charge is 0.505 e. The number of phenolic OH excluding ortho intramolecular Hbond substituents is 2. The van der Waals surface area contributed by atoms with E-state index in [9.17, 15) is 111 Å². The lowest BCUT2D eigenvalue weighted by atomic mass is 10.1. The van der Waals surface area contributed by atoms with Gasteiger partial charge in [0.2, 0.25) is 47.5 Å². The standard InChI is InChI=1S/C50H44N18O24S6/c1-19(69)61-67-49-57-45(51-29-15-23(95(81,82)83)11-21-13-33(97(87,88)89)37(39(71)35(21)29)65-63-27-9-5-3-7-25(27)41(73)74)55-47(59-49)53-31(43(77)78)17-93-94-18-32(44(79)80)54-48-56-46(58-50(60-48)68-62-20(2)70)52-30-16-24(96(84,85)86)12-22-14-34(98(90,91)92)38(40(72)36(22)30)66-64-28-10-6-4-8-26(28)42(75)76/h3-16,31-32,71-72H,17-18H2,1-2H3,(H,61,69)(H,62,70)(H,73,74)(H,75,76)(H,77,78)(H,79,80)(H,81,82,83)(H,84,85,86)(H,87,88,89)(H,90,91,92)(H3,51,53,55,57,59,67)(H3,52,54,56,58,60,68). The average Bonchev–Trinajstić information content (AvgIpc) is 0.755. The van der Waals surface area contributed by atoms with Gasteiger partial charge in [0.15, 0.2) is 11.5 Å². The number of aromatic carboxylic acids is 2. The van der Waals surface area contributed by atoms with Crippen LogP contribution in [0.3, 0.4) is 0 Å². The van der Waals surface area contributed by atoms with Crippen LogP contribution in [0.1, 0.15) is 34.6 Å². The number of anilines is 8. The number of hydrogen-bond donors (Lipinski definition) is 18. The van der Waals surface area contributed by atoms with E-state index in [2.05, 4.69) is 93.3 Å². The fraction of sp³-hybridized carbons (Fsp3) is 0.120. The summed E-state index contributed by atoms with van der Waals surface area (Å²) in [5.41, 5.74) is 3.98. The second-order valence-corrected chi connectivity index (χ2v) is 27.5. The lowest BCUT2D eigenvalue weighted by Crippen LogP contribution is -2.34. The number of carbonyl (C=O) groups excluding carboxylic acids is 2. The van der Waals surface area contributed by atoms with Crippen molar-refractivity contribution < 1.29 is 111 Å². The van der Waals surface area contributed by atoms with Crippen molar-refractivity contribution in [2.24, 2.45) is 20.5 Å². The molecular weight excluding hydrogens is 1430 g/mol. The topological polar surface area (TPSA) is 664 Å². The van der Waals surface area contributed by atoms with E-state index in [1.807, 2.05) is 0 Å². The van der Waals surface area contributed by atoms with Gasteiger partial charge in [-0.05, 0) is 71.4 Å². The molecule has 514 valence electrons. The number of aromatic nitrogens is 6. The normalized spacial score (nSPS) is 12.6. The van der Waals surface area contributed by atoms with E-state index in [4.69, 9.17) is 0 Å². The lowest BCUT2D eigenvalue weighted by molar-refractivity contribution is -0.138. The van der Waals surface area contributed by atoms with Crippen molar-refractivity contribution in [2.75, 3.05) is 43.6 Å². The van der Waals surface area contributed by atoms with Gasteiger partial charge < -0.3 is 51.9 Å². The summed E-state index contributed by atoms with van der Waals surface area (Å²) in [4.78, 5) is 93.2. The van der Waals surface area contributed by atoms with Gasteiger partial charge in [-0.25, -0.2) is 19.2 Å². The predicted molar refractivity (Wildman–Crippen MR) is 342 cm³/mol. The zero-order valence-corrected chi connectivity index (χ0v) is 53.7. The second kappa shape index (κ2) is 29.3. The summed E-state index contributed by atoms with van der Waals surface area (Å²) in [7, 11) is -19.9. The number of hydrogen-bond acceptors (Lipinski definition) is 34. The van der Waals surface area contributed by atoms with Crippen molar-refractivity contribution in [3.8, 4) is 11.5 Å². The van der Waals surface area contributed by atoms with E-state index < -0.39 is 222 Å². The molecule has 98 heavy (non-hydrogen) atoms. The Hall–Kier alpha value is -11.4. The summed E-state index contributed by atoms with van der Waals surface area (Å²) in [5, 5.41) is 86.2. The van der Waals surface area contributed by atoms with Crippen LogP contribution >= 0.6 is 21.6 Å². The van der Waals surface area contributed by atoms with Crippen molar-refractivity contribution in [3.63, 3.8) is 0 Å². The van der Waals surface area contributed by atoms with Crippen LogP contribution in [0.5, 0.6) is 11.5 Å². The first-order valence-electron chi connectivity index (χ1n) is 26.3. The molecule has 0 aliphatic rings. The van der Waals surface area contributed by atoms with Gasteiger partial charge in [0.1, 0.15) is 44.6 Å². The van der Waals surface area contributed by atoms with E-state index >= 15 is 0 Å². The highest BCUT2D eigenvalue weighted by Gasteiger charge is 2.30. The maximum absolute atomic E-state index is 12.8. The Morgan fingerprint density at radius 1 is 0.459 bits per heavy atom. The number of fused-ring (bicyclic) bond motifs is 2. The maximum atomic E-state index is 12.8. The van der Waals surface area contributed by atoms with Gasteiger partial charge >= 0.3 is 23.9 Å². The fourth-order valence-corrected chi connectivity index (χ4v) is 12.9. The summed E-state index contributed by atoms with van der Waals surface area (Å²) in [6, 6.07) is 10.2. The number of amides is 2. The number of carboxylic acid groups (broad SMARTS) is 4. The molecule has 0 spiro atoms. The summed E-state index contributed by atoms with van der Waals surface area (Å²) in [6.07, 6.45) is 0. The molecule has 42 nitrogen and oxygen atoms in total. The molecule has 18 N–H and O–H groups in total. The molecule has 2 heterocycles. The quantitative estimate of drug-likeness (QED) is 0.00940. The molecule has 0 aliphatic heterocycles. The number of nitrogens with one attached hydrogen (secondary N) is 8. The minimum absolute atomic E-state index is 0.372. The number of rotatable bonds is 29. The molecule has 0 radical (unpaired) electrons. The predicted octanol–water partition coefficient (Wildman–Crippen LogP) is 5.21. The molecule has 2 amide bonds. The van der Waals surface area contributed by atoms with Crippen LogP contribution in [0.2, 0.25) is 0 Å². The molecule has 0 aliphatic carbocycles. The van der Waals surface area contributed by atoms with Crippen molar-refractivity contribution in [1.82, 2.24) is 40.8 Å². The first-order valence-corrected chi connectivity index (χ1v) is 34.5. The van der Waals surface area contributed by atoms with Gasteiger partial charge in [-0.15, -0.1) is 20.5 Å². The molecule has 0 fully saturated rings. The molecule has 0 bridgehead atoms. The molecule has 0 saturated heterocycles. The maximum Gasteiger partial charge on any atom is 0.337 e. The Morgan fingerprint density at radius 2 is 0.796 bits per heavy atom. The Kier molecular flexibility index (Phi) is 21.7. The van der Waals surface area contributed by atoms with Gasteiger partial charge in [0.05, 0.1) is 32.3 Å². The van der Waals surface area contributed by atoms with Gasteiger partial charge in [0.25, 0.3) is 40.5 Å². The Labute approximate surface area is 555 Å². The Morgan fingerprint density at radius 3 is 1.11 bits per heavy atom. The number of phenols is 2. The van der Waals surface area contributed by atoms with E-state index in [1.54, 1.807) is 0 Å². The number of carbonyl (C=O) groups is 6. The van der Waals surface area contributed by atoms with Crippen LogP contribution < -0.4 is 43.0 Å². The fourth-order valence-electron chi connectivity index (χ4n) is 8.22. The van der Waals surface area contributed by atoms with E-state index in [0.29, 0.717) is 36.4 Å². The van der Waals surface area contributed by atoms with Gasteiger partial charge in [-0.2, -0.15) is 63.6 Å². The molecule has 0 saturated carbocycles. The highest BCUT2D eigenvalue weighted by atomic mass is 33.1. The minimum atomic E-state index is -5.41. The monoisotopic (exact) mass is 1470 g/mol. The highest BCUT2D eigenvalue weighted by molar-refractivity contribution is 8.76. The molecule has 48 heteroatoms. The summed E-state index contributed by atoms with van der Waals surface area (Å²) in [6.45, 7) is 2.09. The molecule has 2 atom stereocenters. The van der Waals surface area contributed by atoms with Gasteiger partial charge in [0, 0.05) is 36.1 Å². The summed E-state index contributed by atoms with van der Waals surface area (Å²) >= 11 is 0. The van der Waals surface area contributed by atoms with Crippen LogP contribution in [0.15, 0.2) is 125 Å². The SMILES string of the molecule is CC(=O)NNc1nc(Nc2cc(S(=O)(=O)O)cc3cc(S(=O)(=O)O)c(N=Nc4ccccc4C(=O)O)c(O)c23)nc(NC(CSSCC(Nc2nc(NNC(C)=O)nc(Nc3cc(S(=O)(=O)O)cc4cc(S(=O)(=O)O)c(N=Nc5ccccc5C(=O)O)c(O)c34)n2)C(=O)O)C(=O)O)n1. The highest BCUT2D eigenvalue weighted by Crippen LogP contribution is 2.48. The number of carboxylic acids is 4. The smallest absolute Gasteiger partial charge is 0.337 e. The third-order valence-corrected chi connectivity index (χ3v) is 18.2. The average molecular weight is 1470 g/mol. The second-order valence-electron chi connectivity index (χ2n) is 19.3. The molecule has 8 aromatic rings. The Bertz CT molecular complexity index is 4860.